The lowest BCUT2D eigenvalue weighted by Gasteiger charge is -2.11. The Kier molecular flexibility index (Phi) is 5.43. The fourth-order valence-corrected chi connectivity index (χ4v) is 3.50. The van der Waals surface area contributed by atoms with Gasteiger partial charge in [-0.3, -0.25) is 4.79 Å². The number of benzene rings is 2. The minimum Gasteiger partial charge on any atom is -0.452 e. The lowest BCUT2D eigenvalue weighted by atomic mass is 10.1. The van der Waals surface area contributed by atoms with Gasteiger partial charge >= 0.3 is 5.97 Å². The van der Waals surface area contributed by atoms with E-state index in [9.17, 15) is 9.59 Å². The van der Waals surface area contributed by atoms with Crippen molar-refractivity contribution in [3.05, 3.63) is 83.2 Å². The summed E-state index contributed by atoms with van der Waals surface area (Å²) in [5.41, 5.74) is 4.30. The number of carbonyl (C=O) groups is 2. The maximum absolute atomic E-state index is 12.7. The lowest BCUT2D eigenvalue weighted by Crippen LogP contribution is -2.29. The molecule has 0 N–H and O–H groups in total. The summed E-state index contributed by atoms with van der Waals surface area (Å²) in [5.74, 6) is -0.910. The molecule has 2 heterocycles. The van der Waals surface area contributed by atoms with E-state index in [2.05, 4.69) is 10.2 Å². The smallest absolute Gasteiger partial charge is 0.342 e. The number of hydrogen-bond acceptors (Lipinski definition) is 5. The molecule has 0 bridgehead atoms. The van der Waals surface area contributed by atoms with E-state index < -0.39 is 5.97 Å². The van der Waals surface area contributed by atoms with Gasteiger partial charge in [0.05, 0.1) is 29.3 Å². The summed E-state index contributed by atoms with van der Waals surface area (Å²) < 4.78 is 7.00. The first-order valence-corrected chi connectivity index (χ1v) is 9.76. The standard InChI is InChI=1S/C23H22N4O3/c1-16-22(17(2)27(24-16)19-11-7-4-8-12-19)23(29)30-15-21(28)26-14-13-20(25-26)18-9-5-3-6-10-18/h3-12H,13-15H2,1-2H3. The molecule has 0 aliphatic carbocycles. The Morgan fingerprint density at radius 1 is 1.00 bits per heavy atom. The van der Waals surface area contributed by atoms with E-state index in [-0.39, 0.29) is 12.5 Å². The number of amides is 1. The van der Waals surface area contributed by atoms with E-state index in [1.807, 2.05) is 67.6 Å². The van der Waals surface area contributed by atoms with Crippen molar-refractivity contribution < 1.29 is 14.3 Å². The molecule has 7 nitrogen and oxygen atoms in total. The van der Waals surface area contributed by atoms with Crippen LogP contribution < -0.4 is 0 Å². The molecule has 30 heavy (non-hydrogen) atoms. The maximum Gasteiger partial charge on any atom is 0.342 e. The van der Waals surface area contributed by atoms with Crippen LogP contribution in [0.5, 0.6) is 0 Å². The van der Waals surface area contributed by atoms with E-state index in [0.717, 1.165) is 17.0 Å². The summed E-state index contributed by atoms with van der Waals surface area (Å²) in [5, 5.41) is 10.2. The summed E-state index contributed by atoms with van der Waals surface area (Å²) >= 11 is 0. The van der Waals surface area contributed by atoms with Crippen molar-refractivity contribution in [3.63, 3.8) is 0 Å². The van der Waals surface area contributed by atoms with E-state index in [4.69, 9.17) is 4.74 Å². The first-order valence-electron chi connectivity index (χ1n) is 9.76. The van der Waals surface area contributed by atoms with Crippen molar-refractivity contribution in [1.29, 1.82) is 0 Å². The van der Waals surface area contributed by atoms with Gasteiger partial charge in [-0.2, -0.15) is 10.2 Å². The Labute approximate surface area is 174 Å². The van der Waals surface area contributed by atoms with Gasteiger partial charge in [-0.25, -0.2) is 14.5 Å². The van der Waals surface area contributed by atoms with Crippen LogP contribution in [-0.4, -0.2) is 45.5 Å². The number of carbonyl (C=O) groups excluding carboxylic acids is 2. The van der Waals surface area contributed by atoms with Crippen LogP contribution in [0.3, 0.4) is 0 Å². The number of aryl methyl sites for hydroxylation is 1. The predicted octanol–water partition coefficient (Wildman–Crippen LogP) is 3.28. The van der Waals surface area contributed by atoms with Crippen LogP contribution in [0.1, 0.15) is 33.7 Å². The van der Waals surface area contributed by atoms with Gasteiger partial charge < -0.3 is 4.74 Å². The van der Waals surface area contributed by atoms with Gasteiger partial charge in [-0.1, -0.05) is 48.5 Å². The number of esters is 1. The van der Waals surface area contributed by atoms with E-state index >= 15 is 0 Å². The Hall–Kier alpha value is -3.74. The Morgan fingerprint density at radius 2 is 1.67 bits per heavy atom. The number of nitrogens with zero attached hydrogens (tertiary/aromatic N) is 4. The van der Waals surface area contributed by atoms with Crippen LogP contribution in [0.25, 0.3) is 5.69 Å². The van der Waals surface area contributed by atoms with E-state index in [1.165, 1.54) is 5.01 Å². The van der Waals surface area contributed by atoms with Gasteiger partial charge in [-0.15, -0.1) is 0 Å². The van der Waals surface area contributed by atoms with Crippen LogP contribution in [0.15, 0.2) is 65.8 Å². The third-order valence-electron chi connectivity index (χ3n) is 5.02. The number of aromatic nitrogens is 2. The molecule has 0 spiro atoms. The van der Waals surface area contributed by atoms with Gasteiger partial charge in [0.15, 0.2) is 6.61 Å². The highest BCUT2D eigenvalue weighted by molar-refractivity contribution is 6.02. The molecule has 2 aromatic carbocycles. The maximum atomic E-state index is 12.7. The highest BCUT2D eigenvalue weighted by atomic mass is 16.5. The molecule has 1 amide bonds. The highest BCUT2D eigenvalue weighted by Crippen LogP contribution is 2.19. The summed E-state index contributed by atoms with van der Waals surface area (Å²) in [4.78, 5) is 25.1. The van der Waals surface area contributed by atoms with Crippen molar-refractivity contribution in [2.45, 2.75) is 20.3 Å². The molecule has 1 aromatic heterocycles. The third kappa shape index (κ3) is 3.87. The molecule has 0 saturated carbocycles. The highest BCUT2D eigenvalue weighted by Gasteiger charge is 2.25. The molecule has 152 valence electrons. The first kappa shape index (κ1) is 19.6. The lowest BCUT2D eigenvalue weighted by molar-refractivity contribution is -0.134. The molecular weight excluding hydrogens is 380 g/mol. The average molecular weight is 402 g/mol. The van der Waals surface area contributed by atoms with Crippen molar-refractivity contribution in [2.24, 2.45) is 5.10 Å². The molecule has 0 saturated heterocycles. The van der Waals surface area contributed by atoms with Crippen LogP contribution in [0.2, 0.25) is 0 Å². The fourth-order valence-electron chi connectivity index (χ4n) is 3.50. The second kappa shape index (κ2) is 8.32. The van der Waals surface area contributed by atoms with Crippen LogP contribution >= 0.6 is 0 Å². The molecule has 0 radical (unpaired) electrons. The topological polar surface area (TPSA) is 76.8 Å². The summed E-state index contributed by atoms with van der Waals surface area (Å²) in [6, 6.07) is 19.3. The average Bonchev–Trinajstić information content (AvgIpc) is 3.38. The number of hydrazone groups is 1. The van der Waals surface area contributed by atoms with Crippen LogP contribution in [-0.2, 0) is 9.53 Å². The second-order valence-corrected chi connectivity index (χ2v) is 7.05. The second-order valence-electron chi connectivity index (χ2n) is 7.05. The van der Waals surface area contributed by atoms with Crippen LogP contribution in [0, 0.1) is 13.8 Å². The molecule has 1 aliphatic rings. The van der Waals surface area contributed by atoms with Crippen molar-refractivity contribution in [3.8, 4) is 5.69 Å². The van der Waals surface area contributed by atoms with Gasteiger partial charge in [0, 0.05) is 6.42 Å². The molecule has 0 unspecified atom stereocenters. The molecule has 0 fully saturated rings. The summed E-state index contributed by atoms with van der Waals surface area (Å²) in [6.45, 7) is 3.68. The number of ether oxygens (including phenoxy) is 1. The fraction of sp³-hybridized carbons (Fsp3) is 0.217. The molecule has 4 rings (SSSR count). The molecular formula is C23H22N4O3. The monoisotopic (exact) mass is 402 g/mol. The SMILES string of the molecule is Cc1nn(-c2ccccc2)c(C)c1C(=O)OCC(=O)N1CCC(c2ccccc2)=N1. The molecule has 7 heteroatoms. The quantitative estimate of drug-likeness (QED) is 0.614. The summed E-state index contributed by atoms with van der Waals surface area (Å²) in [6.07, 6.45) is 0.672. The summed E-state index contributed by atoms with van der Waals surface area (Å²) in [7, 11) is 0. The van der Waals surface area contributed by atoms with Crippen molar-refractivity contribution >= 4 is 17.6 Å². The van der Waals surface area contributed by atoms with Gasteiger partial charge in [0.25, 0.3) is 5.91 Å². The molecule has 0 atom stereocenters. The Morgan fingerprint density at radius 3 is 2.37 bits per heavy atom. The number of para-hydroxylation sites is 1. The van der Waals surface area contributed by atoms with Crippen molar-refractivity contribution in [2.75, 3.05) is 13.2 Å². The van der Waals surface area contributed by atoms with Crippen molar-refractivity contribution in [1.82, 2.24) is 14.8 Å². The first-order chi connectivity index (χ1) is 14.5. The minimum absolute atomic E-state index is 0.347. The zero-order chi connectivity index (χ0) is 21.1. The number of hydrogen-bond donors (Lipinski definition) is 0. The number of rotatable bonds is 5. The Bertz CT molecular complexity index is 1100. The predicted molar refractivity (Wildman–Crippen MR) is 113 cm³/mol. The van der Waals surface area contributed by atoms with Gasteiger partial charge in [0.1, 0.15) is 5.56 Å². The van der Waals surface area contributed by atoms with Gasteiger partial charge in [-0.05, 0) is 31.5 Å². The zero-order valence-electron chi connectivity index (χ0n) is 16.9. The molecule has 3 aromatic rings. The Balaban J connectivity index is 1.42. The van der Waals surface area contributed by atoms with E-state index in [0.29, 0.717) is 29.9 Å². The minimum atomic E-state index is -0.563. The van der Waals surface area contributed by atoms with E-state index in [1.54, 1.807) is 11.6 Å². The zero-order valence-corrected chi connectivity index (χ0v) is 16.9. The normalized spacial score (nSPS) is 13.3. The third-order valence-corrected chi connectivity index (χ3v) is 5.02. The largest absolute Gasteiger partial charge is 0.452 e. The van der Waals surface area contributed by atoms with Gasteiger partial charge in [0.2, 0.25) is 0 Å². The van der Waals surface area contributed by atoms with Crippen LogP contribution in [0.4, 0.5) is 0 Å². The molecule has 1 aliphatic heterocycles.